The molecule has 0 spiro atoms. The fraction of sp³-hybridized carbons (Fsp3) is 0.333. The van der Waals surface area contributed by atoms with Crippen LogP contribution in [-0.4, -0.2) is 52.2 Å². The van der Waals surface area contributed by atoms with E-state index < -0.39 is 5.54 Å². The fourth-order valence-corrected chi connectivity index (χ4v) is 5.33. The number of aromatic amines is 1. The first kappa shape index (κ1) is 19.8. The van der Waals surface area contributed by atoms with Gasteiger partial charge in [-0.1, -0.05) is 48.5 Å². The molecule has 0 radical (unpaired) electrons. The summed E-state index contributed by atoms with van der Waals surface area (Å²) in [6.07, 6.45) is 0.657. The first-order chi connectivity index (χ1) is 15.1. The van der Waals surface area contributed by atoms with Gasteiger partial charge >= 0.3 is 6.03 Å². The van der Waals surface area contributed by atoms with Crippen LogP contribution in [-0.2, 0) is 4.79 Å². The Hall–Kier alpha value is -3.16. The highest BCUT2D eigenvalue weighted by atomic mass is 16.3. The second kappa shape index (κ2) is 7.51. The number of nitrogens with zero attached hydrogens (tertiary/aromatic N) is 1. The minimum absolute atomic E-state index is 0.0570. The number of amides is 3. The van der Waals surface area contributed by atoms with E-state index in [1.807, 2.05) is 55.5 Å². The van der Waals surface area contributed by atoms with Gasteiger partial charge in [-0.2, -0.15) is 0 Å². The molecule has 3 unspecified atom stereocenters. The van der Waals surface area contributed by atoms with Crippen molar-refractivity contribution in [2.45, 2.75) is 30.8 Å². The molecule has 7 nitrogen and oxygen atoms in total. The summed E-state index contributed by atoms with van der Waals surface area (Å²) in [5.41, 5.74) is 3.00. The van der Waals surface area contributed by atoms with Gasteiger partial charge < -0.3 is 15.4 Å². The standard InChI is InChI=1S/C24H26N4O3/c1-24-17(11-12-25-13-14-29)19-16-9-5-6-10-18(16)26-20(19)21(15-7-3-2-4-8-15)28(24)23(31)27-22(24)30/h2-10,17,21,25-26,29H,11-14H2,1H3,(H,27,30,31). The smallest absolute Gasteiger partial charge is 0.325 e. The molecule has 4 N–H and O–H groups in total. The van der Waals surface area contributed by atoms with E-state index in [1.165, 1.54) is 0 Å². The zero-order valence-corrected chi connectivity index (χ0v) is 17.4. The zero-order chi connectivity index (χ0) is 21.6. The average molecular weight is 418 g/mol. The first-order valence-electron chi connectivity index (χ1n) is 10.7. The summed E-state index contributed by atoms with van der Waals surface area (Å²) < 4.78 is 0. The molecule has 0 saturated carbocycles. The number of rotatable bonds is 6. The number of imide groups is 1. The molecule has 3 amide bonds. The number of carbonyl (C=O) groups excluding carboxylic acids is 2. The van der Waals surface area contributed by atoms with Gasteiger partial charge in [-0.05, 0) is 37.1 Å². The monoisotopic (exact) mass is 418 g/mol. The highest BCUT2D eigenvalue weighted by Gasteiger charge is 2.61. The lowest BCUT2D eigenvalue weighted by Gasteiger charge is -2.47. The van der Waals surface area contributed by atoms with Crippen molar-refractivity contribution in [3.8, 4) is 0 Å². The van der Waals surface area contributed by atoms with Crippen molar-refractivity contribution in [2.24, 2.45) is 0 Å². The summed E-state index contributed by atoms with van der Waals surface area (Å²) in [5.74, 6) is -0.460. The van der Waals surface area contributed by atoms with E-state index >= 15 is 0 Å². The molecule has 1 fully saturated rings. The van der Waals surface area contributed by atoms with Gasteiger partial charge in [0.05, 0.1) is 6.61 Å². The molecule has 0 bridgehead atoms. The summed E-state index contributed by atoms with van der Waals surface area (Å²) in [6.45, 7) is 3.06. The van der Waals surface area contributed by atoms with Crippen LogP contribution >= 0.6 is 0 Å². The molecule has 2 aliphatic heterocycles. The minimum Gasteiger partial charge on any atom is -0.395 e. The van der Waals surface area contributed by atoms with Crippen molar-refractivity contribution in [2.75, 3.05) is 19.7 Å². The summed E-state index contributed by atoms with van der Waals surface area (Å²) in [7, 11) is 0. The van der Waals surface area contributed by atoms with Gasteiger partial charge in [0.2, 0.25) is 0 Å². The van der Waals surface area contributed by atoms with Crippen LogP contribution in [0.2, 0.25) is 0 Å². The molecule has 1 saturated heterocycles. The number of urea groups is 1. The number of nitrogens with one attached hydrogen (secondary N) is 3. The van der Waals surface area contributed by atoms with Crippen LogP contribution in [0.1, 0.15) is 42.1 Å². The lowest BCUT2D eigenvalue weighted by molar-refractivity contribution is -0.128. The van der Waals surface area contributed by atoms with E-state index in [2.05, 4.69) is 21.7 Å². The maximum Gasteiger partial charge on any atom is 0.325 e. The van der Waals surface area contributed by atoms with Gasteiger partial charge in [0.1, 0.15) is 11.6 Å². The SMILES string of the molecule is CC12C(=O)NC(=O)N1C(c1ccccc1)c1[nH]c3ccccc3c1C2CCNCCO. The van der Waals surface area contributed by atoms with E-state index in [0.717, 1.165) is 27.7 Å². The summed E-state index contributed by atoms with van der Waals surface area (Å²) >= 11 is 0. The Labute approximate surface area is 180 Å². The zero-order valence-electron chi connectivity index (χ0n) is 17.4. The van der Waals surface area contributed by atoms with Crippen LogP contribution in [0.5, 0.6) is 0 Å². The van der Waals surface area contributed by atoms with Crippen molar-refractivity contribution < 1.29 is 14.7 Å². The second-order valence-corrected chi connectivity index (χ2v) is 8.40. The maximum absolute atomic E-state index is 13.2. The van der Waals surface area contributed by atoms with Crippen LogP contribution < -0.4 is 10.6 Å². The predicted octanol–water partition coefficient (Wildman–Crippen LogP) is 2.64. The van der Waals surface area contributed by atoms with Crippen LogP contribution in [0.25, 0.3) is 10.9 Å². The number of aliphatic hydroxyl groups excluding tert-OH is 1. The van der Waals surface area contributed by atoms with E-state index in [9.17, 15) is 9.59 Å². The van der Waals surface area contributed by atoms with Crippen molar-refractivity contribution in [3.05, 3.63) is 71.4 Å². The molecule has 3 aromatic rings. The molecule has 2 aliphatic rings. The van der Waals surface area contributed by atoms with Crippen LogP contribution in [0.4, 0.5) is 4.79 Å². The summed E-state index contributed by atoms with van der Waals surface area (Å²) in [4.78, 5) is 31.6. The van der Waals surface area contributed by atoms with Crippen molar-refractivity contribution in [1.29, 1.82) is 0 Å². The Balaban J connectivity index is 1.74. The van der Waals surface area contributed by atoms with Crippen LogP contribution in [0, 0.1) is 0 Å². The normalized spacial score (nSPS) is 24.9. The van der Waals surface area contributed by atoms with Crippen molar-refractivity contribution >= 4 is 22.8 Å². The molecule has 160 valence electrons. The topological polar surface area (TPSA) is 97.5 Å². The van der Waals surface area contributed by atoms with Crippen LogP contribution in [0.3, 0.4) is 0 Å². The number of aromatic nitrogens is 1. The number of para-hydroxylation sites is 1. The molecule has 0 aliphatic carbocycles. The molecular formula is C24H26N4O3. The Morgan fingerprint density at radius 1 is 1.06 bits per heavy atom. The number of fused-ring (bicyclic) bond motifs is 4. The second-order valence-electron chi connectivity index (χ2n) is 8.40. The molecule has 1 aromatic heterocycles. The Morgan fingerprint density at radius 3 is 2.58 bits per heavy atom. The van der Waals surface area contributed by atoms with Gasteiger partial charge in [0.25, 0.3) is 5.91 Å². The number of hydrogen-bond acceptors (Lipinski definition) is 4. The Morgan fingerprint density at radius 2 is 1.81 bits per heavy atom. The van der Waals surface area contributed by atoms with E-state index in [0.29, 0.717) is 19.5 Å². The third kappa shape index (κ3) is 2.88. The lowest BCUT2D eigenvalue weighted by atomic mass is 9.71. The number of carbonyl (C=O) groups is 2. The van der Waals surface area contributed by atoms with Gasteiger partial charge in [0, 0.05) is 29.1 Å². The quantitative estimate of drug-likeness (QED) is 0.365. The van der Waals surface area contributed by atoms with E-state index in [4.69, 9.17) is 5.11 Å². The molecule has 2 aromatic carbocycles. The molecule has 3 heterocycles. The molecule has 3 atom stereocenters. The third-order valence-corrected chi connectivity index (χ3v) is 6.75. The molecule has 5 rings (SSSR count). The van der Waals surface area contributed by atoms with E-state index in [-0.39, 0.29) is 30.5 Å². The lowest BCUT2D eigenvalue weighted by Crippen LogP contribution is -2.56. The Kier molecular flexibility index (Phi) is 4.79. The van der Waals surface area contributed by atoms with Crippen LogP contribution in [0.15, 0.2) is 54.6 Å². The van der Waals surface area contributed by atoms with Crippen molar-refractivity contribution in [1.82, 2.24) is 20.5 Å². The molecular weight excluding hydrogens is 392 g/mol. The summed E-state index contributed by atoms with van der Waals surface area (Å²) in [6, 6.07) is 17.2. The van der Waals surface area contributed by atoms with Gasteiger partial charge in [-0.25, -0.2) is 4.79 Å². The molecule has 31 heavy (non-hydrogen) atoms. The fourth-order valence-electron chi connectivity index (χ4n) is 5.33. The van der Waals surface area contributed by atoms with Gasteiger partial charge in [0.15, 0.2) is 0 Å². The van der Waals surface area contributed by atoms with Crippen molar-refractivity contribution in [3.63, 3.8) is 0 Å². The average Bonchev–Trinajstić information content (AvgIpc) is 3.26. The minimum atomic E-state index is -1.02. The number of benzene rings is 2. The van der Waals surface area contributed by atoms with Gasteiger partial charge in [-0.15, -0.1) is 0 Å². The maximum atomic E-state index is 13.2. The van der Waals surface area contributed by atoms with E-state index in [1.54, 1.807) is 4.90 Å². The number of aliphatic hydroxyl groups is 1. The summed E-state index contributed by atoms with van der Waals surface area (Å²) in [5, 5.41) is 16.0. The molecule has 7 heteroatoms. The third-order valence-electron chi connectivity index (χ3n) is 6.75. The Bertz CT molecular complexity index is 1140. The number of H-pyrrole nitrogens is 1. The highest BCUT2D eigenvalue weighted by Crippen LogP contribution is 2.53. The first-order valence-corrected chi connectivity index (χ1v) is 10.7. The number of hydrogen-bond donors (Lipinski definition) is 4. The van der Waals surface area contributed by atoms with Gasteiger partial charge in [-0.3, -0.25) is 15.0 Å². The predicted molar refractivity (Wildman–Crippen MR) is 118 cm³/mol. The largest absolute Gasteiger partial charge is 0.395 e. The highest BCUT2D eigenvalue weighted by molar-refractivity contribution is 6.09.